The van der Waals surface area contributed by atoms with E-state index < -0.39 is 0 Å². The molecule has 0 saturated carbocycles. The molecule has 0 aliphatic carbocycles. The number of nitrogens with zero attached hydrogens (tertiary/aromatic N) is 1. The van der Waals surface area contributed by atoms with Crippen molar-refractivity contribution in [3.05, 3.63) is 29.8 Å². The first-order chi connectivity index (χ1) is 7.20. The average Bonchev–Trinajstić information content (AvgIpc) is 2.17. The second-order valence-electron chi connectivity index (χ2n) is 4.56. The van der Waals surface area contributed by atoms with Crippen LogP contribution in [0.25, 0.3) is 0 Å². The quantitative estimate of drug-likeness (QED) is 0.820. The molecule has 1 aromatic rings. The first-order valence-electron chi connectivity index (χ1n) is 5.81. The van der Waals surface area contributed by atoms with E-state index in [4.69, 9.17) is 5.73 Å². The van der Waals surface area contributed by atoms with Crippen molar-refractivity contribution in [2.24, 2.45) is 11.7 Å². The summed E-state index contributed by atoms with van der Waals surface area (Å²) < 4.78 is 0. The van der Waals surface area contributed by atoms with Gasteiger partial charge < -0.3 is 10.6 Å². The van der Waals surface area contributed by atoms with E-state index >= 15 is 0 Å². The third-order valence-corrected chi connectivity index (χ3v) is 3.32. The zero-order valence-electron chi connectivity index (χ0n) is 9.61. The summed E-state index contributed by atoms with van der Waals surface area (Å²) in [4.78, 5) is 2.43. The molecule has 2 N–H and O–H groups in total. The summed E-state index contributed by atoms with van der Waals surface area (Å²) in [7, 11) is 0. The molecule has 1 aliphatic rings. The van der Waals surface area contributed by atoms with Crippen LogP contribution in [-0.4, -0.2) is 13.1 Å². The normalized spacial score (nSPS) is 18.7. The molecule has 1 fully saturated rings. The molecule has 0 amide bonds. The summed E-state index contributed by atoms with van der Waals surface area (Å²) in [5.74, 6) is 0.901. The Morgan fingerprint density at radius 1 is 1.33 bits per heavy atom. The molecule has 1 aromatic carbocycles. The van der Waals surface area contributed by atoms with Crippen LogP contribution in [0.1, 0.15) is 31.9 Å². The van der Waals surface area contributed by atoms with Crippen LogP contribution in [0.5, 0.6) is 0 Å². The molecule has 15 heavy (non-hydrogen) atoms. The van der Waals surface area contributed by atoms with Crippen molar-refractivity contribution in [1.29, 1.82) is 0 Å². The maximum Gasteiger partial charge on any atom is 0.0366 e. The van der Waals surface area contributed by atoms with E-state index in [0.717, 1.165) is 5.92 Å². The fourth-order valence-electron chi connectivity index (χ4n) is 2.03. The Kier molecular flexibility index (Phi) is 2.96. The zero-order valence-corrected chi connectivity index (χ0v) is 9.61. The second-order valence-corrected chi connectivity index (χ2v) is 4.56. The van der Waals surface area contributed by atoms with Crippen LogP contribution in [0.3, 0.4) is 0 Å². The van der Waals surface area contributed by atoms with Gasteiger partial charge in [-0.1, -0.05) is 19.1 Å². The highest BCUT2D eigenvalue weighted by Gasteiger charge is 2.24. The largest absolute Gasteiger partial charge is 0.371 e. The highest BCUT2D eigenvalue weighted by molar-refractivity contribution is 5.50. The SMILES string of the molecule is CCC1CN(c2ccc(C(C)N)cc2)C1. The van der Waals surface area contributed by atoms with E-state index in [1.165, 1.54) is 30.8 Å². The second kappa shape index (κ2) is 4.23. The van der Waals surface area contributed by atoms with Crippen molar-refractivity contribution in [3.8, 4) is 0 Å². The molecule has 0 aromatic heterocycles. The predicted octanol–water partition coefficient (Wildman–Crippen LogP) is 2.55. The van der Waals surface area contributed by atoms with Gasteiger partial charge in [-0.05, 0) is 37.0 Å². The molecule has 1 saturated heterocycles. The first kappa shape index (κ1) is 10.5. The highest BCUT2D eigenvalue weighted by Crippen LogP contribution is 2.27. The number of anilines is 1. The Morgan fingerprint density at radius 2 is 1.93 bits per heavy atom. The van der Waals surface area contributed by atoms with Crippen molar-refractivity contribution < 1.29 is 0 Å². The van der Waals surface area contributed by atoms with E-state index in [2.05, 4.69) is 36.1 Å². The van der Waals surface area contributed by atoms with E-state index in [1.54, 1.807) is 0 Å². The lowest BCUT2D eigenvalue weighted by atomic mass is 9.96. The Balaban J connectivity index is 1.99. The van der Waals surface area contributed by atoms with Crippen molar-refractivity contribution in [2.75, 3.05) is 18.0 Å². The molecule has 1 unspecified atom stereocenters. The van der Waals surface area contributed by atoms with E-state index in [0.29, 0.717) is 0 Å². The van der Waals surface area contributed by atoms with Crippen molar-refractivity contribution in [1.82, 2.24) is 0 Å². The molecule has 2 heteroatoms. The van der Waals surface area contributed by atoms with Crippen LogP contribution < -0.4 is 10.6 Å². The minimum Gasteiger partial charge on any atom is -0.371 e. The molecule has 2 nitrogen and oxygen atoms in total. The van der Waals surface area contributed by atoms with Crippen LogP contribution in [0, 0.1) is 5.92 Å². The van der Waals surface area contributed by atoms with Gasteiger partial charge in [-0.25, -0.2) is 0 Å². The van der Waals surface area contributed by atoms with Crippen LogP contribution in [-0.2, 0) is 0 Å². The van der Waals surface area contributed by atoms with Crippen LogP contribution in [0.15, 0.2) is 24.3 Å². The molecular formula is C13H20N2. The molecule has 2 rings (SSSR count). The summed E-state index contributed by atoms with van der Waals surface area (Å²) in [5, 5.41) is 0. The Labute approximate surface area is 92.1 Å². The third-order valence-electron chi connectivity index (χ3n) is 3.32. The van der Waals surface area contributed by atoms with Crippen LogP contribution >= 0.6 is 0 Å². The Bertz CT molecular complexity index is 310. The van der Waals surface area contributed by atoms with E-state index in [1.807, 2.05) is 6.92 Å². The fraction of sp³-hybridized carbons (Fsp3) is 0.538. The number of benzene rings is 1. The molecule has 1 aliphatic heterocycles. The minimum absolute atomic E-state index is 0.138. The molecular weight excluding hydrogens is 184 g/mol. The van der Waals surface area contributed by atoms with Gasteiger partial charge in [0, 0.05) is 24.8 Å². The Hall–Kier alpha value is -1.02. The maximum absolute atomic E-state index is 5.82. The predicted molar refractivity (Wildman–Crippen MR) is 65.0 cm³/mol. The minimum atomic E-state index is 0.138. The summed E-state index contributed by atoms with van der Waals surface area (Å²) in [6.45, 7) is 6.72. The topological polar surface area (TPSA) is 29.3 Å². The molecule has 0 spiro atoms. The van der Waals surface area contributed by atoms with Gasteiger partial charge in [0.05, 0.1) is 0 Å². The van der Waals surface area contributed by atoms with Crippen LogP contribution in [0.2, 0.25) is 0 Å². The lowest BCUT2D eigenvalue weighted by Crippen LogP contribution is -2.46. The summed E-state index contributed by atoms with van der Waals surface area (Å²) >= 11 is 0. The number of hydrogen-bond donors (Lipinski definition) is 1. The van der Waals surface area contributed by atoms with Gasteiger partial charge in [0.2, 0.25) is 0 Å². The van der Waals surface area contributed by atoms with Gasteiger partial charge in [-0.3, -0.25) is 0 Å². The molecule has 0 bridgehead atoms. The fourth-order valence-corrected chi connectivity index (χ4v) is 2.03. The highest BCUT2D eigenvalue weighted by atomic mass is 15.2. The van der Waals surface area contributed by atoms with Gasteiger partial charge in [0.25, 0.3) is 0 Å². The average molecular weight is 204 g/mol. The number of hydrogen-bond acceptors (Lipinski definition) is 2. The zero-order chi connectivity index (χ0) is 10.8. The molecule has 1 heterocycles. The van der Waals surface area contributed by atoms with E-state index in [9.17, 15) is 0 Å². The van der Waals surface area contributed by atoms with Gasteiger partial charge in [-0.2, -0.15) is 0 Å². The first-order valence-corrected chi connectivity index (χ1v) is 5.81. The van der Waals surface area contributed by atoms with Crippen LogP contribution in [0.4, 0.5) is 5.69 Å². The monoisotopic (exact) mass is 204 g/mol. The molecule has 1 atom stereocenters. The number of rotatable bonds is 3. The smallest absolute Gasteiger partial charge is 0.0366 e. The van der Waals surface area contributed by atoms with Gasteiger partial charge in [-0.15, -0.1) is 0 Å². The van der Waals surface area contributed by atoms with E-state index in [-0.39, 0.29) is 6.04 Å². The summed E-state index contributed by atoms with van der Waals surface area (Å²) in [6.07, 6.45) is 1.30. The van der Waals surface area contributed by atoms with Crippen molar-refractivity contribution in [3.63, 3.8) is 0 Å². The lowest BCUT2D eigenvalue weighted by Gasteiger charge is -2.40. The summed E-state index contributed by atoms with van der Waals surface area (Å²) in [5.41, 5.74) is 8.37. The van der Waals surface area contributed by atoms with Gasteiger partial charge in [0.15, 0.2) is 0 Å². The van der Waals surface area contributed by atoms with Gasteiger partial charge in [0.1, 0.15) is 0 Å². The molecule has 0 radical (unpaired) electrons. The molecule has 82 valence electrons. The van der Waals surface area contributed by atoms with Crippen molar-refractivity contribution in [2.45, 2.75) is 26.3 Å². The standard InChI is InChI=1S/C13H20N2/c1-3-11-8-15(9-11)13-6-4-12(5-7-13)10(2)14/h4-7,10-11H,3,8-9,14H2,1-2H3. The van der Waals surface area contributed by atoms with Gasteiger partial charge >= 0.3 is 0 Å². The maximum atomic E-state index is 5.82. The number of nitrogens with two attached hydrogens (primary N) is 1. The third kappa shape index (κ3) is 2.15. The lowest BCUT2D eigenvalue weighted by molar-refractivity contribution is 0.399. The van der Waals surface area contributed by atoms with Crippen molar-refractivity contribution >= 4 is 5.69 Å². The Morgan fingerprint density at radius 3 is 2.40 bits per heavy atom. The summed E-state index contributed by atoms with van der Waals surface area (Å²) in [6, 6.07) is 8.78.